The molecule has 0 radical (unpaired) electrons. The van der Waals surface area contributed by atoms with E-state index in [4.69, 9.17) is 4.74 Å². The van der Waals surface area contributed by atoms with Gasteiger partial charge in [0, 0.05) is 30.8 Å². The van der Waals surface area contributed by atoms with Crippen molar-refractivity contribution in [2.45, 2.75) is 42.8 Å². The van der Waals surface area contributed by atoms with Crippen LogP contribution in [0.1, 0.15) is 32.6 Å². The zero-order chi connectivity index (χ0) is 21.5. The Labute approximate surface area is 197 Å². The molecular weight excluding hydrogens is 458 g/mol. The van der Waals surface area contributed by atoms with E-state index in [2.05, 4.69) is 22.1 Å². The summed E-state index contributed by atoms with van der Waals surface area (Å²) in [5.74, 6) is -0.975. The normalized spacial score (nSPS) is 16.3. The standard InChI is InChI=1S/C21H27N3O4S2.ClH/c1-3-4-6-17(20(26)27)29-15-9-7-14(8-10-15)23-19(25)18-16(13-28-2)24-12-5-11-22-21(24)30-18;/h7-10,17H,3-6,11-13H2,1-2H3,(H,23,25)(H,26,27);1H. The molecule has 31 heavy (non-hydrogen) atoms. The van der Waals surface area contributed by atoms with Crippen LogP contribution in [0.2, 0.25) is 0 Å². The summed E-state index contributed by atoms with van der Waals surface area (Å²) in [7, 11) is 1.62. The molecule has 170 valence electrons. The number of thioether (sulfide) groups is 2. The lowest BCUT2D eigenvalue weighted by molar-refractivity contribution is -0.136. The highest BCUT2D eigenvalue weighted by atomic mass is 35.5. The topological polar surface area (TPSA) is 91.2 Å². The highest BCUT2D eigenvalue weighted by Crippen LogP contribution is 2.37. The fourth-order valence-corrected chi connectivity index (χ4v) is 5.33. The second-order valence-corrected chi connectivity index (χ2v) is 9.30. The van der Waals surface area contributed by atoms with Crippen LogP contribution in [0.5, 0.6) is 0 Å². The van der Waals surface area contributed by atoms with Crippen LogP contribution in [0.25, 0.3) is 0 Å². The minimum atomic E-state index is -0.791. The minimum absolute atomic E-state index is 0. The van der Waals surface area contributed by atoms with Gasteiger partial charge in [-0.1, -0.05) is 19.8 Å². The molecule has 7 nitrogen and oxygen atoms in total. The molecule has 0 saturated carbocycles. The molecule has 10 heteroatoms. The van der Waals surface area contributed by atoms with Gasteiger partial charge in [-0.3, -0.25) is 14.6 Å². The van der Waals surface area contributed by atoms with E-state index in [1.54, 1.807) is 19.2 Å². The molecular formula is C21H28ClN3O4S2. The molecule has 3 rings (SSSR count). The number of halogens is 1. The van der Waals surface area contributed by atoms with Crippen LogP contribution in [0, 0.1) is 0 Å². The van der Waals surface area contributed by atoms with Gasteiger partial charge < -0.3 is 20.1 Å². The Morgan fingerprint density at radius 2 is 2.10 bits per heavy atom. The number of benzene rings is 1. The molecule has 0 bridgehead atoms. The Morgan fingerprint density at radius 3 is 2.74 bits per heavy atom. The Bertz CT molecular complexity index is 846. The molecule has 0 aromatic heterocycles. The zero-order valence-corrected chi connectivity index (χ0v) is 20.1. The molecule has 2 aliphatic heterocycles. The number of fused-ring (bicyclic) bond motifs is 1. The van der Waals surface area contributed by atoms with Crippen molar-refractivity contribution in [2.24, 2.45) is 4.99 Å². The average molecular weight is 486 g/mol. The van der Waals surface area contributed by atoms with Gasteiger partial charge in [0.1, 0.15) is 10.2 Å². The molecule has 1 amide bonds. The number of carboxylic acid groups (broad SMARTS) is 1. The summed E-state index contributed by atoms with van der Waals surface area (Å²) in [5.41, 5.74) is 1.52. The molecule has 1 atom stereocenters. The first-order chi connectivity index (χ1) is 14.5. The fraction of sp³-hybridized carbons (Fsp3) is 0.476. The Hall–Kier alpha value is -1.68. The number of rotatable bonds is 10. The van der Waals surface area contributed by atoms with Crippen LogP contribution < -0.4 is 5.32 Å². The third-order valence-electron chi connectivity index (χ3n) is 4.77. The third-order valence-corrected chi connectivity index (χ3v) is 7.20. The SMILES string of the molecule is CCCCC(Sc1ccc(NC(=O)C2=C(COC)N3CCCN=C3S2)cc1)C(=O)O.Cl. The van der Waals surface area contributed by atoms with E-state index in [9.17, 15) is 14.7 Å². The van der Waals surface area contributed by atoms with Crippen LogP contribution >= 0.6 is 35.9 Å². The van der Waals surface area contributed by atoms with Crippen LogP contribution in [0.3, 0.4) is 0 Å². The second kappa shape index (κ2) is 12.4. The fourth-order valence-electron chi connectivity index (χ4n) is 3.24. The molecule has 0 saturated heterocycles. The number of amides is 1. The van der Waals surface area contributed by atoms with Gasteiger partial charge in [0.2, 0.25) is 0 Å². The van der Waals surface area contributed by atoms with E-state index >= 15 is 0 Å². The lowest BCUT2D eigenvalue weighted by Crippen LogP contribution is -2.31. The molecule has 1 aromatic carbocycles. The van der Waals surface area contributed by atoms with Gasteiger partial charge >= 0.3 is 5.97 Å². The first kappa shape index (κ1) is 25.6. The summed E-state index contributed by atoms with van der Waals surface area (Å²) in [6, 6.07) is 7.31. The monoisotopic (exact) mass is 485 g/mol. The summed E-state index contributed by atoms with van der Waals surface area (Å²) in [5, 5.41) is 12.7. The number of nitrogens with zero attached hydrogens (tertiary/aromatic N) is 2. The van der Waals surface area contributed by atoms with E-state index in [1.807, 2.05) is 12.1 Å². The Kier molecular flexibility index (Phi) is 10.2. The van der Waals surface area contributed by atoms with Crippen LogP contribution in [-0.2, 0) is 14.3 Å². The molecule has 0 fully saturated rings. The largest absolute Gasteiger partial charge is 0.480 e. The van der Waals surface area contributed by atoms with Gasteiger partial charge in [0.15, 0.2) is 5.17 Å². The van der Waals surface area contributed by atoms with Crippen LogP contribution in [0.4, 0.5) is 5.69 Å². The summed E-state index contributed by atoms with van der Waals surface area (Å²) >= 11 is 2.73. The average Bonchev–Trinajstić information content (AvgIpc) is 3.11. The number of aliphatic carboxylic acids is 1. The van der Waals surface area contributed by atoms with Gasteiger partial charge in [0.25, 0.3) is 5.91 Å². The maximum absolute atomic E-state index is 12.9. The van der Waals surface area contributed by atoms with Crippen molar-refractivity contribution in [3.05, 3.63) is 34.9 Å². The van der Waals surface area contributed by atoms with Gasteiger partial charge in [-0.25, -0.2) is 0 Å². The van der Waals surface area contributed by atoms with Crippen molar-refractivity contribution in [1.29, 1.82) is 0 Å². The first-order valence-corrected chi connectivity index (χ1v) is 11.8. The molecule has 2 heterocycles. The first-order valence-electron chi connectivity index (χ1n) is 10.1. The lowest BCUT2D eigenvalue weighted by Gasteiger charge is -2.24. The maximum Gasteiger partial charge on any atom is 0.316 e. The van der Waals surface area contributed by atoms with E-state index in [0.717, 1.165) is 48.1 Å². The van der Waals surface area contributed by atoms with E-state index in [1.165, 1.54) is 23.5 Å². The third kappa shape index (κ3) is 6.65. The van der Waals surface area contributed by atoms with Crippen molar-refractivity contribution >= 4 is 58.7 Å². The van der Waals surface area contributed by atoms with E-state index in [0.29, 0.717) is 23.6 Å². The highest BCUT2D eigenvalue weighted by molar-refractivity contribution is 8.18. The van der Waals surface area contributed by atoms with Gasteiger partial charge in [0.05, 0.1) is 12.3 Å². The minimum Gasteiger partial charge on any atom is -0.480 e. The summed E-state index contributed by atoms with van der Waals surface area (Å²) in [6.45, 7) is 4.03. The summed E-state index contributed by atoms with van der Waals surface area (Å²) in [6.07, 6.45) is 3.46. The van der Waals surface area contributed by atoms with Crippen molar-refractivity contribution in [1.82, 2.24) is 4.90 Å². The Morgan fingerprint density at radius 1 is 1.35 bits per heavy atom. The predicted octanol–water partition coefficient (Wildman–Crippen LogP) is 4.45. The number of carbonyl (C=O) groups is 2. The van der Waals surface area contributed by atoms with Crippen molar-refractivity contribution < 1.29 is 19.4 Å². The van der Waals surface area contributed by atoms with E-state index < -0.39 is 11.2 Å². The molecule has 0 aliphatic carbocycles. The van der Waals surface area contributed by atoms with Gasteiger partial charge in [-0.15, -0.1) is 24.2 Å². The number of amidine groups is 1. The van der Waals surface area contributed by atoms with Crippen molar-refractivity contribution in [3.8, 4) is 0 Å². The number of unbranched alkanes of at least 4 members (excludes halogenated alkanes) is 1. The lowest BCUT2D eigenvalue weighted by atomic mass is 10.2. The molecule has 2 N–H and O–H groups in total. The Balaban J connectivity index is 0.00000341. The van der Waals surface area contributed by atoms with Crippen LogP contribution in [-0.4, -0.2) is 59.1 Å². The number of methoxy groups -OCH3 is 1. The highest BCUT2D eigenvalue weighted by Gasteiger charge is 2.34. The number of nitrogens with one attached hydrogen (secondary N) is 1. The maximum atomic E-state index is 12.9. The summed E-state index contributed by atoms with van der Waals surface area (Å²) < 4.78 is 5.31. The van der Waals surface area contributed by atoms with E-state index in [-0.39, 0.29) is 18.3 Å². The number of anilines is 1. The predicted molar refractivity (Wildman–Crippen MR) is 129 cm³/mol. The number of ether oxygens (including phenoxy) is 1. The molecule has 2 aliphatic rings. The number of hydrogen-bond acceptors (Lipinski definition) is 7. The number of carbonyl (C=O) groups excluding carboxylic acids is 1. The number of carboxylic acids is 1. The molecule has 0 spiro atoms. The molecule has 1 unspecified atom stereocenters. The summed E-state index contributed by atoms with van der Waals surface area (Å²) in [4.78, 5) is 32.4. The quantitative estimate of drug-likeness (QED) is 0.473. The van der Waals surface area contributed by atoms with Crippen LogP contribution in [0.15, 0.2) is 44.8 Å². The van der Waals surface area contributed by atoms with Crippen molar-refractivity contribution in [2.75, 3.05) is 32.1 Å². The number of hydrogen-bond donors (Lipinski definition) is 2. The van der Waals surface area contributed by atoms with Gasteiger partial charge in [-0.05, 0) is 48.9 Å². The second-order valence-electron chi connectivity index (χ2n) is 7.05. The molecule has 1 aromatic rings. The zero-order valence-electron chi connectivity index (χ0n) is 17.6. The van der Waals surface area contributed by atoms with Crippen molar-refractivity contribution in [3.63, 3.8) is 0 Å². The van der Waals surface area contributed by atoms with Gasteiger partial charge in [-0.2, -0.15) is 0 Å². The number of aliphatic imine (C=N–C) groups is 1. The smallest absolute Gasteiger partial charge is 0.316 e.